The van der Waals surface area contributed by atoms with Gasteiger partial charge in [-0.05, 0) is 38.5 Å². The van der Waals surface area contributed by atoms with E-state index in [0.29, 0.717) is 28.6 Å². The van der Waals surface area contributed by atoms with Gasteiger partial charge in [-0.1, -0.05) is 6.07 Å². The first-order valence-corrected chi connectivity index (χ1v) is 10.3. The summed E-state index contributed by atoms with van der Waals surface area (Å²) in [7, 11) is -3.82. The van der Waals surface area contributed by atoms with Gasteiger partial charge in [-0.15, -0.1) is 0 Å². The summed E-state index contributed by atoms with van der Waals surface area (Å²) in [6.07, 6.45) is 2.98. The van der Waals surface area contributed by atoms with Crippen LogP contribution < -0.4 is 10.5 Å². The number of nitrogens with one attached hydrogen (secondary N) is 1. The fraction of sp³-hybridized carbons (Fsp3) is 0.316. The Labute approximate surface area is 169 Å². The van der Waals surface area contributed by atoms with Crippen LogP contribution in [0.2, 0.25) is 0 Å². The molecule has 0 aliphatic heterocycles. The molecule has 0 amide bonds. The fourth-order valence-corrected chi connectivity index (χ4v) is 3.81. The second kappa shape index (κ2) is 7.54. The Kier molecular flexibility index (Phi) is 5.44. The highest BCUT2D eigenvalue weighted by molar-refractivity contribution is 7.89. The van der Waals surface area contributed by atoms with Gasteiger partial charge in [0.15, 0.2) is 23.2 Å². The zero-order chi connectivity index (χ0) is 21.4. The highest BCUT2D eigenvalue weighted by Crippen LogP contribution is 2.29. The molecule has 4 N–H and O–H groups in total. The van der Waals surface area contributed by atoms with Gasteiger partial charge in [0.2, 0.25) is 10.0 Å². The fourth-order valence-electron chi connectivity index (χ4n) is 2.58. The monoisotopic (exact) mass is 417 g/mol. The van der Waals surface area contributed by atoms with Gasteiger partial charge in [-0.2, -0.15) is 0 Å². The Morgan fingerprint density at radius 3 is 2.55 bits per heavy atom. The molecule has 0 aliphatic rings. The third-order valence-electron chi connectivity index (χ3n) is 4.15. The molecule has 0 fully saturated rings. The molecule has 2 aromatic heterocycles. The maximum Gasteiger partial charge on any atom is 0.240 e. The number of oxazole rings is 1. The molecule has 0 saturated heterocycles. The van der Waals surface area contributed by atoms with Gasteiger partial charge in [-0.3, -0.25) is 0 Å². The van der Waals surface area contributed by atoms with Gasteiger partial charge in [-0.25, -0.2) is 28.1 Å². The standard InChI is InChI=1S/C19H23N5O4S/c1-11-5-6-13(29(26,27)23-10-19(3,4)25)7-14(11)15-8-22-18(20)17(24-15)16-9-21-12(2)28-16/h5-9,23,25H,10H2,1-4H3,(H2,20,22). The number of nitrogens with two attached hydrogens (primary N) is 1. The van der Waals surface area contributed by atoms with E-state index < -0.39 is 15.6 Å². The van der Waals surface area contributed by atoms with Crippen molar-refractivity contribution in [3.8, 4) is 22.7 Å². The Morgan fingerprint density at radius 2 is 1.93 bits per heavy atom. The van der Waals surface area contributed by atoms with Crippen molar-refractivity contribution < 1.29 is 17.9 Å². The second-order valence-corrected chi connectivity index (χ2v) is 9.11. The van der Waals surface area contributed by atoms with Crippen LogP contribution in [0.4, 0.5) is 5.82 Å². The lowest BCUT2D eigenvalue weighted by molar-refractivity contribution is 0.0857. The summed E-state index contributed by atoms with van der Waals surface area (Å²) in [5.41, 5.74) is 6.93. The molecular formula is C19H23N5O4S. The molecule has 29 heavy (non-hydrogen) atoms. The number of aliphatic hydroxyl groups is 1. The third-order valence-corrected chi connectivity index (χ3v) is 5.54. The molecule has 0 radical (unpaired) electrons. The quantitative estimate of drug-likeness (QED) is 0.553. The topological polar surface area (TPSA) is 144 Å². The van der Waals surface area contributed by atoms with Crippen LogP contribution in [-0.2, 0) is 10.0 Å². The van der Waals surface area contributed by atoms with E-state index in [0.717, 1.165) is 5.56 Å². The van der Waals surface area contributed by atoms with Crippen LogP contribution in [0, 0.1) is 13.8 Å². The summed E-state index contributed by atoms with van der Waals surface area (Å²) in [6.45, 7) is 6.47. The molecule has 9 nitrogen and oxygen atoms in total. The minimum atomic E-state index is -3.82. The van der Waals surface area contributed by atoms with Gasteiger partial charge in [0.25, 0.3) is 0 Å². The van der Waals surface area contributed by atoms with E-state index in [1.807, 2.05) is 6.92 Å². The average molecular weight is 417 g/mol. The van der Waals surface area contributed by atoms with E-state index in [2.05, 4.69) is 19.7 Å². The summed E-state index contributed by atoms with van der Waals surface area (Å²) in [5, 5.41) is 9.80. The van der Waals surface area contributed by atoms with E-state index in [1.165, 1.54) is 38.4 Å². The first-order valence-electron chi connectivity index (χ1n) is 8.85. The molecule has 1 aromatic carbocycles. The molecule has 3 rings (SSSR count). The van der Waals surface area contributed by atoms with Crippen molar-refractivity contribution in [1.29, 1.82) is 0 Å². The normalized spacial score (nSPS) is 12.3. The number of aryl methyl sites for hydroxylation is 2. The van der Waals surface area contributed by atoms with E-state index in [-0.39, 0.29) is 17.3 Å². The van der Waals surface area contributed by atoms with E-state index in [9.17, 15) is 13.5 Å². The number of benzene rings is 1. The van der Waals surface area contributed by atoms with Crippen LogP contribution >= 0.6 is 0 Å². The first-order chi connectivity index (χ1) is 13.5. The summed E-state index contributed by atoms with van der Waals surface area (Å²) in [4.78, 5) is 12.8. The maximum atomic E-state index is 12.6. The van der Waals surface area contributed by atoms with Gasteiger partial charge >= 0.3 is 0 Å². The molecule has 0 aliphatic carbocycles. The largest absolute Gasteiger partial charge is 0.439 e. The van der Waals surface area contributed by atoms with Gasteiger partial charge in [0, 0.05) is 19.0 Å². The molecule has 3 aromatic rings. The summed E-state index contributed by atoms with van der Waals surface area (Å²) < 4.78 is 33.1. The van der Waals surface area contributed by atoms with E-state index in [1.54, 1.807) is 13.0 Å². The number of nitrogen functional groups attached to an aromatic ring is 1. The Bertz CT molecular complexity index is 1150. The van der Waals surface area contributed by atoms with Crippen molar-refractivity contribution in [1.82, 2.24) is 19.7 Å². The van der Waals surface area contributed by atoms with Crippen molar-refractivity contribution in [2.75, 3.05) is 12.3 Å². The van der Waals surface area contributed by atoms with Crippen molar-refractivity contribution in [3.63, 3.8) is 0 Å². The molecule has 0 spiro atoms. The zero-order valence-corrected chi connectivity index (χ0v) is 17.4. The molecule has 0 bridgehead atoms. The zero-order valence-electron chi connectivity index (χ0n) is 16.6. The van der Waals surface area contributed by atoms with Gasteiger partial charge < -0.3 is 15.3 Å². The summed E-state index contributed by atoms with van der Waals surface area (Å²) in [5.74, 6) is 1.02. The maximum absolute atomic E-state index is 12.6. The Hall–Kier alpha value is -2.82. The smallest absolute Gasteiger partial charge is 0.240 e. The van der Waals surface area contributed by atoms with Crippen LogP contribution in [0.3, 0.4) is 0 Å². The van der Waals surface area contributed by atoms with Crippen LogP contribution in [0.25, 0.3) is 22.7 Å². The lowest BCUT2D eigenvalue weighted by atomic mass is 10.1. The van der Waals surface area contributed by atoms with E-state index >= 15 is 0 Å². The number of sulfonamides is 1. The van der Waals surface area contributed by atoms with Crippen molar-refractivity contribution in [3.05, 3.63) is 42.0 Å². The molecule has 10 heteroatoms. The van der Waals surface area contributed by atoms with Crippen LogP contribution in [0.1, 0.15) is 25.3 Å². The van der Waals surface area contributed by atoms with Crippen LogP contribution in [0.5, 0.6) is 0 Å². The number of anilines is 1. The second-order valence-electron chi connectivity index (χ2n) is 7.35. The highest BCUT2D eigenvalue weighted by Gasteiger charge is 2.21. The molecule has 0 unspecified atom stereocenters. The molecule has 154 valence electrons. The van der Waals surface area contributed by atoms with Crippen LogP contribution in [-0.4, -0.2) is 40.6 Å². The lowest BCUT2D eigenvalue weighted by Gasteiger charge is -2.18. The summed E-state index contributed by atoms with van der Waals surface area (Å²) >= 11 is 0. The molecule has 2 heterocycles. The number of aromatic nitrogens is 3. The molecule has 0 atom stereocenters. The Morgan fingerprint density at radius 1 is 1.21 bits per heavy atom. The predicted molar refractivity (Wildman–Crippen MR) is 108 cm³/mol. The number of rotatable bonds is 6. The average Bonchev–Trinajstić information content (AvgIpc) is 3.06. The van der Waals surface area contributed by atoms with Crippen molar-refractivity contribution >= 4 is 15.8 Å². The van der Waals surface area contributed by atoms with E-state index in [4.69, 9.17) is 10.2 Å². The minimum absolute atomic E-state index is 0.0537. The number of nitrogens with zero attached hydrogens (tertiary/aromatic N) is 3. The molecular weight excluding hydrogens is 394 g/mol. The third kappa shape index (κ3) is 4.78. The Balaban J connectivity index is 2.03. The van der Waals surface area contributed by atoms with Gasteiger partial charge in [0.05, 0.1) is 28.6 Å². The van der Waals surface area contributed by atoms with Crippen LogP contribution in [0.15, 0.2) is 39.9 Å². The highest BCUT2D eigenvalue weighted by atomic mass is 32.2. The van der Waals surface area contributed by atoms with Crippen molar-refractivity contribution in [2.24, 2.45) is 0 Å². The first kappa shape index (κ1) is 20.9. The lowest BCUT2D eigenvalue weighted by Crippen LogP contribution is -2.38. The molecule has 0 saturated carbocycles. The SMILES string of the molecule is Cc1ncc(-c2nc(-c3cc(S(=O)(=O)NCC(C)(C)O)ccc3C)cnc2N)o1. The number of hydrogen-bond donors (Lipinski definition) is 3. The van der Waals surface area contributed by atoms with Gasteiger partial charge in [0.1, 0.15) is 0 Å². The predicted octanol–water partition coefficient (Wildman–Crippen LogP) is 2.05. The minimum Gasteiger partial charge on any atom is -0.439 e. The van der Waals surface area contributed by atoms with Crippen molar-refractivity contribution in [2.45, 2.75) is 38.2 Å². The summed E-state index contributed by atoms with van der Waals surface area (Å²) in [6, 6.07) is 4.69. The number of hydrogen-bond acceptors (Lipinski definition) is 8.